The van der Waals surface area contributed by atoms with Crippen LogP contribution in [0.3, 0.4) is 0 Å². The van der Waals surface area contributed by atoms with Gasteiger partial charge in [-0.2, -0.15) is 0 Å². The molecule has 0 aliphatic carbocycles. The number of unbranched alkanes of at least 4 members (excludes halogenated alkanes) is 1. The van der Waals surface area contributed by atoms with Crippen LogP contribution in [0.4, 0.5) is 0 Å². The quantitative estimate of drug-likeness (QED) is 0.764. The molecule has 0 amide bonds. The molecule has 1 aliphatic rings. The molecule has 1 heterocycles. The highest BCUT2D eigenvalue weighted by molar-refractivity contribution is 5.27. The van der Waals surface area contributed by atoms with Gasteiger partial charge < -0.3 is 5.32 Å². The first-order chi connectivity index (χ1) is 9.79. The summed E-state index contributed by atoms with van der Waals surface area (Å²) >= 11 is 0. The maximum Gasteiger partial charge on any atom is 0.0236 e. The Kier molecular flexibility index (Phi) is 6.55. The molecule has 0 spiro atoms. The number of benzene rings is 1. The van der Waals surface area contributed by atoms with E-state index in [1.165, 1.54) is 45.2 Å². The molecule has 0 bridgehead atoms. The monoisotopic (exact) mass is 274 g/mol. The Morgan fingerprint density at radius 3 is 2.80 bits per heavy atom. The van der Waals surface area contributed by atoms with Gasteiger partial charge in [-0.15, -0.1) is 0 Å². The number of nitrogens with one attached hydrogen (secondary N) is 1. The Balaban J connectivity index is 1.71. The normalized spacial score (nSPS) is 17.5. The minimum absolute atomic E-state index is 0.671. The summed E-state index contributed by atoms with van der Waals surface area (Å²) in [5, 5.41) is 3.49. The van der Waals surface area contributed by atoms with Gasteiger partial charge in [0.05, 0.1) is 0 Å². The molecule has 2 nitrogen and oxygen atoms in total. The van der Waals surface area contributed by atoms with Crippen molar-refractivity contribution in [2.75, 3.05) is 19.6 Å². The molecule has 2 rings (SSSR count). The lowest BCUT2D eigenvalue weighted by Gasteiger charge is -2.21. The standard InChI is InChI=1S/C18H30N2/c1-3-19-16(2)9-6-7-13-20-14-8-12-17-10-4-5-11-18(17)15-20/h4-5,10-11,16,19H,3,6-9,12-15H2,1-2H3. The summed E-state index contributed by atoms with van der Waals surface area (Å²) in [7, 11) is 0. The molecule has 0 aromatic heterocycles. The fourth-order valence-electron chi connectivity index (χ4n) is 3.20. The van der Waals surface area contributed by atoms with Crippen LogP contribution in [0.1, 0.15) is 50.7 Å². The highest BCUT2D eigenvalue weighted by atomic mass is 15.1. The summed E-state index contributed by atoms with van der Waals surface area (Å²) < 4.78 is 0. The number of aryl methyl sites for hydroxylation is 1. The fraction of sp³-hybridized carbons (Fsp3) is 0.667. The lowest BCUT2D eigenvalue weighted by atomic mass is 10.0. The van der Waals surface area contributed by atoms with E-state index in [9.17, 15) is 0 Å². The molecule has 0 saturated carbocycles. The van der Waals surface area contributed by atoms with E-state index in [4.69, 9.17) is 0 Å². The predicted octanol–water partition coefficient (Wildman–Crippen LogP) is 3.60. The van der Waals surface area contributed by atoms with Gasteiger partial charge in [0.2, 0.25) is 0 Å². The van der Waals surface area contributed by atoms with Gasteiger partial charge in [0.25, 0.3) is 0 Å². The minimum Gasteiger partial charge on any atom is -0.315 e. The van der Waals surface area contributed by atoms with E-state index >= 15 is 0 Å². The summed E-state index contributed by atoms with van der Waals surface area (Å²) in [4.78, 5) is 2.64. The third-order valence-electron chi connectivity index (χ3n) is 4.35. The lowest BCUT2D eigenvalue weighted by Crippen LogP contribution is -2.27. The molecule has 2 heteroatoms. The Bertz CT molecular complexity index is 389. The number of rotatable bonds is 7. The fourth-order valence-corrected chi connectivity index (χ4v) is 3.20. The summed E-state index contributed by atoms with van der Waals surface area (Å²) in [5.41, 5.74) is 3.11. The molecular formula is C18H30N2. The summed E-state index contributed by atoms with van der Waals surface area (Å²) in [6.45, 7) is 9.24. The van der Waals surface area contributed by atoms with E-state index in [1.54, 1.807) is 11.1 Å². The van der Waals surface area contributed by atoms with E-state index < -0.39 is 0 Å². The molecule has 112 valence electrons. The second-order valence-electron chi connectivity index (χ2n) is 6.10. The van der Waals surface area contributed by atoms with Crippen molar-refractivity contribution in [3.8, 4) is 0 Å². The minimum atomic E-state index is 0.671. The highest BCUT2D eigenvalue weighted by Gasteiger charge is 2.13. The molecule has 1 N–H and O–H groups in total. The van der Waals surface area contributed by atoms with Crippen LogP contribution in [0.15, 0.2) is 24.3 Å². The van der Waals surface area contributed by atoms with Crippen molar-refractivity contribution >= 4 is 0 Å². The second kappa shape index (κ2) is 8.43. The largest absolute Gasteiger partial charge is 0.315 e. The molecule has 1 aromatic carbocycles. The van der Waals surface area contributed by atoms with Crippen LogP contribution in [-0.4, -0.2) is 30.6 Å². The Labute approximate surface area is 124 Å². The second-order valence-corrected chi connectivity index (χ2v) is 6.10. The van der Waals surface area contributed by atoms with Crippen LogP contribution < -0.4 is 5.32 Å². The van der Waals surface area contributed by atoms with E-state index in [-0.39, 0.29) is 0 Å². The zero-order chi connectivity index (χ0) is 14.2. The third kappa shape index (κ3) is 4.92. The first-order valence-corrected chi connectivity index (χ1v) is 8.32. The molecule has 1 aromatic rings. The number of fused-ring (bicyclic) bond motifs is 1. The van der Waals surface area contributed by atoms with Crippen LogP contribution >= 0.6 is 0 Å². The Morgan fingerprint density at radius 2 is 2.00 bits per heavy atom. The number of hydrogen-bond donors (Lipinski definition) is 1. The molecule has 1 atom stereocenters. The molecular weight excluding hydrogens is 244 g/mol. The topological polar surface area (TPSA) is 15.3 Å². The van der Waals surface area contributed by atoms with Crippen LogP contribution in [0, 0.1) is 0 Å². The van der Waals surface area contributed by atoms with Gasteiger partial charge >= 0.3 is 0 Å². The predicted molar refractivity (Wildman–Crippen MR) is 87.0 cm³/mol. The van der Waals surface area contributed by atoms with Crippen LogP contribution in [0.2, 0.25) is 0 Å². The van der Waals surface area contributed by atoms with Gasteiger partial charge in [0.1, 0.15) is 0 Å². The first-order valence-electron chi connectivity index (χ1n) is 8.32. The van der Waals surface area contributed by atoms with Crippen LogP contribution in [0.25, 0.3) is 0 Å². The molecule has 0 radical (unpaired) electrons. The first kappa shape index (κ1) is 15.5. The van der Waals surface area contributed by atoms with Crippen LogP contribution in [-0.2, 0) is 13.0 Å². The highest BCUT2D eigenvalue weighted by Crippen LogP contribution is 2.18. The van der Waals surface area contributed by atoms with E-state index in [2.05, 4.69) is 48.3 Å². The third-order valence-corrected chi connectivity index (χ3v) is 4.35. The van der Waals surface area contributed by atoms with Gasteiger partial charge in [0.15, 0.2) is 0 Å². The Morgan fingerprint density at radius 1 is 1.20 bits per heavy atom. The van der Waals surface area contributed by atoms with Crippen molar-refractivity contribution in [1.29, 1.82) is 0 Å². The molecule has 20 heavy (non-hydrogen) atoms. The Hall–Kier alpha value is -0.860. The van der Waals surface area contributed by atoms with E-state index in [1.807, 2.05) is 0 Å². The van der Waals surface area contributed by atoms with Gasteiger partial charge in [0, 0.05) is 12.6 Å². The summed E-state index contributed by atoms with van der Waals surface area (Å²) in [6.07, 6.45) is 6.54. The zero-order valence-corrected chi connectivity index (χ0v) is 13.2. The van der Waals surface area contributed by atoms with Crippen molar-refractivity contribution in [3.05, 3.63) is 35.4 Å². The van der Waals surface area contributed by atoms with Crippen molar-refractivity contribution in [2.24, 2.45) is 0 Å². The number of hydrogen-bond acceptors (Lipinski definition) is 2. The van der Waals surface area contributed by atoms with E-state index in [0.29, 0.717) is 6.04 Å². The average Bonchev–Trinajstić information content (AvgIpc) is 2.65. The van der Waals surface area contributed by atoms with Gasteiger partial charge in [-0.25, -0.2) is 0 Å². The molecule has 1 aliphatic heterocycles. The zero-order valence-electron chi connectivity index (χ0n) is 13.2. The van der Waals surface area contributed by atoms with Crippen molar-refractivity contribution in [2.45, 2.75) is 58.5 Å². The van der Waals surface area contributed by atoms with Crippen molar-refractivity contribution in [1.82, 2.24) is 10.2 Å². The van der Waals surface area contributed by atoms with Crippen molar-refractivity contribution in [3.63, 3.8) is 0 Å². The molecule has 1 unspecified atom stereocenters. The lowest BCUT2D eigenvalue weighted by molar-refractivity contribution is 0.261. The average molecular weight is 274 g/mol. The summed E-state index contributed by atoms with van der Waals surface area (Å²) in [5.74, 6) is 0. The van der Waals surface area contributed by atoms with Crippen LogP contribution in [0.5, 0.6) is 0 Å². The van der Waals surface area contributed by atoms with Gasteiger partial charge in [-0.3, -0.25) is 4.90 Å². The SMILES string of the molecule is CCNC(C)CCCCN1CCCc2ccccc2C1. The maximum absolute atomic E-state index is 3.49. The molecule has 0 fully saturated rings. The van der Waals surface area contributed by atoms with Crippen molar-refractivity contribution < 1.29 is 0 Å². The molecule has 0 saturated heterocycles. The smallest absolute Gasteiger partial charge is 0.0236 e. The van der Waals surface area contributed by atoms with E-state index in [0.717, 1.165) is 13.1 Å². The number of nitrogens with zero attached hydrogens (tertiary/aromatic N) is 1. The maximum atomic E-state index is 3.49. The van der Waals surface area contributed by atoms with Gasteiger partial charge in [-0.1, -0.05) is 37.6 Å². The van der Waals surface area contributed by atoms with Gasteiger partial charge in [-0.05, 0) is 63.4 Å². The summed E-state index contributed by atoms with van der Waals surface area (Å²) in [6, 6.07) is 9.64.